The van der Waals surface area contributed by atoms with Gasteiger partial charge in [-0.3, -0.25) is 4.79 Å². The molecule has 3 aromatic carbocycles. The highest BCUT2D eigenvalue weighted by Gasteiger charge is 2.22. The van der Waals surface area contributed by atoms with Crippen LogP contribution < -0.4 is 14.8 Å². The first kappa shape index (κ1) is 21.4. The fourth-order valence-electron chi connectivity index (χ4n) is 3.35. The second kappa shape index (κ2) is 11.1. The van der Waals surface area contributed by atoms with Gasteiger partial charge in [0.05, 0.1) is 19.6 Å². The molecule has 0 fully saturated rings. The van der Waals surface area contributed by atoms with E-state index in [1.165, 1.54) is 0 Å². The van der Waals surface area contributed by atoms with Gasteiger partial charge in [0.1, 0.15) is 0 Å². The van der Waals surface area contributed by atoms with Crippen LogP contribution in [0.3, 0.4) is 0 Å². The Morgan fingerprint density at radius 3 is 2.10 bits per heavy atom. The first-order valence-electron chi connectivity index (χ1n) is 10.4. The summed E-state index contributed by atoms with van der Waals surface area (Å²) in [4.78, 5) is 13.1. The van der Waals surface area contributed by atoms with Crippen molar-refractivity contribution >= 4 is 5.91 Å². The lowest BCUT2D eigenvalue weighted by Gasteiger charge is -2.18. The van der Waals surface area contributed by atoms with Gasteiger partial charge < -0.3 is 14.8 Å². The Hall–Kier alpha value is -3.27. The number of methoxy groups -OCH3 is 1. The van der Waals surface area contributed by atoms with E-state index in [-0.39, 0.29) is 11.8 Å². The second-order valence-corrected chi connectivity index (χ2v) is 7.16. The van der Waals surface area contributed by atoms with Crippen molar-refractivity contribution in [3.05, 3.63) is 95.6 Å². The van der Waals surface area contributed by atoms with Gasteiger partial charge in [0.15, 0.2) is 11.5 Å². The minimum absolute atomic E-state index is 0.0327. The SMILES string of the molecule is CCCCOc1ccc(CNC(=O)C(c2ccccc2)c2ccccc2)cc1OC. The molecule has 0 saturated heterocycles. The van der Waals surface area contributed by atoms with Gasteiger partial charge in [-0.2, -0.15) is 0 Å². The van der Waals surface area contributed by atoms with Gasteiger partial charge in [0.25, 0.3) is 0 Å². The zero-order valence-corrected chi connectivity index (χ0v) is 17.6. The van der Waals surface area contributed by atoms with Crippen molar-refractivity contribution in [1.82, 2.24) is 5.32 Å². The van der Waals surface area contributed by atoms with Crippen molar-refractivity contribution in [2.45, 2.75) is 32.2 Å². The molecule has 0 aromatic heterocycles. The molecule has 0 saturated carbocycles. The Morgan fingerprint density at radius 1 is 0.900 bits per heavy atom. The van der Waals surface area contributed by atoms with Crippen LogP contribution in [0.5, 0.6) is 11.5 Å². The van der Waals surface area contributed by atoms with E-state index < -0.39 is 0 Å². The summed E-state index contributed by atoms with van der Waals surface area (Å²) in [5, 5.41) is 3.08. The second-order valence-electron chi connectivity index (χ2n) is 7.16. The minimum Gasteiger partial charge on any atom is -0.493 e. The first-order chi connectivity index (χ1) is 14.7. The Balaban J connectivity index is 1.72. The van der Waals surface area contributed by atoms with Crippen LogP contribution in [0.4, 0.5) is 0 Å². The predicted molar refractivity (Wildman–Crippen MR) is 120 cm³/mol. The summed E-state index contributed by atoms with van der Waals surface area (Å²) in [6, 6.07) is 25.5. The molecule has 3 aromatic rings. The van der Waals surface area contributed by atoms with E-state index in [4.69, 9.17) is 9.47 Å². The average molecular weight is 404 g/mol. The molecule has 30 heavy (non-hydrogen) atoms. The molecular weight excluding hydrogens is 374 g/mol. The normalized spacial score (nSPS) is 10.6. The van der Waals surface area contributed by atoms with Crippen molar-refractivity contribution in [3.8, 4) is 11.5 Å². The van der Waals surface area contributed by atoms with E-state index in [0.29, 0.717) is 18.9 Å². The molecule has 0 unspecified atom stereocenters. The van der Waals surface area contributed by atoms with Crippen LogP contribution in [0, 0.1) is 0 Å². The Labute approximate surface area is 178 Å². The fraction of sp³-hybridized carbons (Fsp3) is 0.269. The van der Waals surface area contributed by atoms with Crippen molar-refractivity contribution in [2.24, 2.45) is 0 Å². The van der Waals surface area contributed by atoms with Crippen LogP contribution in [0.1, 0.15) is 42.4 Å². The summed E-state index contributed by atoms with van der Waals surface area (Å²) in [6.07, 6.45) is 2.08. The molecule has 0 bridgehead atoms. The monoisotopic (exact) mass is 403 g/mol. The molecule has 0 aliphatic rings. The number of benzene rings is 3. The van der Waals surface area contributed by atoms with Crippen LogP contribution in [-0.4, -0.2) is 19.6 Å². The number of rotatable bonds is 10. The lowest BCUT2D eigenvalue weighted by molar-refractivity contribution is -0.121. The molecule has 1 amide bonds. The molecule has 4 nitrogen and oxygen atoms in total. The van der Waals surface area contributed by atoms with Crippen molar-refractivity contribution in [3.63, 3.8) is 0 Å². The predicted octanol–water partition coefficient (Wildman–Crippen LogP) is 5.32. The van der Waals surface area contributed by atoms with E-state index >= 15 is 0 Å². The average Bonchev–Trinajstić information content (AvgIpc) is 2.80. The Kier molecular flexibility index (Phi) is 7.90. The van der Waals surface area contributed by atoms with Crippen molar-refractivity contribution in [1.29, 1.82) is 0 Å². The lowest BCUT2D eigenvalue weighted by Crippen LogP contribution is -2.29. The van der Waals surface area contributed by atoms with Crippen LogP contribution >= 0.6 is 0 Å². The topological polar surface area (TPSA) is 47.6 Å². The van der Waals surface area contributed by atoms with E-state index in [9.17, 15) is 4.79 Å². The Bertz CT molecular complexity index is 886. The van der Waals surface area contributed by atoms with E-state index in [2.05, 4.69) is 12.2 Å². The molecule has 0 spiro atoms. The third kappa shape index (κ3) is 5.63. The summed E-state index contributed by atoms with van der Waals surface area (Å²) in [7, 11) is 1.63. The molecule has 0 atom stereocenters. The van der Waals surface area contributed by atoms with Crippen LogP contribution in [-0.2, 0) is 11.3 Å². The highest BCUT2D eigenvalue weighted by Crippen LogP contribution is 2.29. The van der Waals surface area contributed by atoms with Crippen molar-refractivity contribution in [2.75, 3.05) is 13.7 Å². The van der Waals surface area contributed by atoms with Gasteiger partial charge in [-0.05, 0) is 35.2 Å². The van der Waals surface area contributed by atoms with E-state index in [1.807, 2.05) is 78.9 Å². The largest absolute Gasteiger partial charge is 0.493 e. The first-order valence-corrected chi connectivity index (χ1v) is 10.4. The van der Waals surface area contributed by atoms with E-state index in [1.54, 1.807) is 7.11 Å². The summed E-state index contributed by atoms with van der Waals surface area (Å²) in [5.74, 6) is 1.02. The summed E-state index contributed by atoms with van der Waals surface area (Å²) < 4.78 is 11.3. The number of amides is 1. The zero-order valence-electron chi connectivity index (χ0n) is 17.6. The summed E-state index contributed by atoms with van der Waals surface area (Å²) in [6.45, 7) is 3.21. The molecule has 1 N–H and O–H groups in total. The minimum atomic E-state index is -0.356. The molecule has 4 heteroatoms. The number of hydrogen-bond donors (Lipinski definition) is 1. The van der Waals surface area contributed by atoms with E-state index in [0.717, 1.165) is 35.3 Å². The lowest BCUT2D eigenvalue weighted by atomic mass is 9.90. The third-order valence-electron chi connectivity index (χ3n) is 4.98. The highest BCUT2D eigenvalue weighted by molar-refractivity contribution is 5.87. The quantitative estimate of drug-likeness (QED) is 0.466. The van der Waals surface area contributed by atoms with Gasteiger partial charge >= 0.3 is 0 Å². The van der Waals surface area contributed by atoms with Gasteiger partial charge in [-0.1, -0.05) is 80.1 Å². The summed E-state index contributed by atoms with van der Waals surface area (Å²) in [5.41, 5.74) is 2.90. The molecule has 156 valence electrons. The summed E-state index contributed by atoms with van der Waals surface area (Å²) >= 11 is 0. The fourth-order valence-corrected chi connectivity index (χ4v) is 3.35. The van der Waals surface area contributed by atoms with Gasteiger partial charge in [0.2, 0.25) is 5.91 Å². The smallest absolute Gasteiger partial charge is 0.232 e. The van der Waals surface area contributed by atoms with Crippen LogP contribution in [0.15, 0.2) is 78.9 Å². The maximum atomic E-state index is 13.1. The van der Waals surface area contributed by atoms with Crippen LogP contribution in [0.2, 0.25) is 0 Å². The number of ether oxygens (including phenoxy) is 2. The van der Waals surface area contributed by atoms with Crippen molar-refractivity contribution < 1.29 is 14.3 Å². The standard InChI is InChI=1S/C26H29NO3/c1-3-4-17-30-23-16-15-20(18-24(23)29-2)19-27-26(28)25(21-11-7-5-8-12-21)22-13-9-6-10-14-22/h5-16,18,25H,3-4,17,19H2,1-2H3,(H,27,28). The number of nitrogens with one attached hydrogen (secondary N) is 1. The molecule has 0 aliphatic carbocycles. The number of carbonyl (C=O) groups is 1. The molecule has 0 heterocycles. The van der Waals surface area contributed by atoms with Gasteiger partial charge in [-0.15, -0.1) is 0 Å². The van der Waals surface area contributed by atoms with Gasteiger partial charge in [-0.25, -0.2) is 0 Å². The molecule has 3 rings (SSSR count). The van der Waals surface area contributed by atoms with Crippen LogP contribution in [0.25, 0.3) is 0 Å². The maximum Gasteiger partial charge on any atom is 0.232 e. The molecule has 0 radical (unpaired) electrons. The number of carbonyl (C=O) groups excluding carboxylic acids is 1. The molecule has 0 aliphatic heterocycles. The van der Waals surface area contributed by atoms with Gasteiger partial charge in [0, 0.05) is 6.54 Å². The zero-order chi connectivity index (χ0) is 21.2. The number of unbranched alkanes of at least 4 members (excludes halogenated alkanes) is 1. The third-order valence-corrected chi connectivity index (χ3v) is 4.98. The maximum absolute atomic E-state index is 13.1. The number of hydrogen-bond acceptors (Lipinski definition) is 3. The highest BCUT2D eigenvalue weighted by atomic mass is 16.5. The Morgan fingerprint density at radius 2 is 1.53 bits per heavy atom. The molecular formula is C26H29NO3.